The SMILES string of the molecule is CCC(=O)C=CC(=O)O[C@H](C)C=CC(=O)N(c1ccccc1)c1ccccc1. The van der Waals surface area contributed by atoms with Gasteiger partial charge in [-0.05, 0) is 43.3 Å². The lowest BCUT2D eigenvalue weighted by atomic mass is 10.2. The highest BCUT2D eigenvalue weighted by Gasteiger charge is 2.15. The van der Waals surface area contributed by atoms with Crippen LogP contribution in [-0.2, 0) is 19.1 Å². The van der Waals surface area contributed by atoms with Gasteiger partial charge >= 0.3 is 5.97 Å². The molecule has 2 aromatic rings. The predicted octanol–water partition coefficient (Wildman–Crippen LogP) is 4.37. The molecule has 0 fully saturated rings. The molecule has 0 saturated heterocycles. The van der Waals surface area contributed by atoms with Crippen LogP contribution in [0.15, 0.2) is 85.0 Å². The molecule has 0 aromatic heterocycles. The number of rotatable bonds is 8. The number of carbonyl (C=O) groups is 3. The second-order valence-electron chi connectivity index (χ2n) is 6.00. The van der Waals surface area contributed by atoms with Crippen LogP contribution in [0.1, 0.15) is 20.3 Å². The number of amides is 1. The van der Waals surface area contributed by atoms with Crippen molar-refractivity contribution in [1.82, 2.24) is 0 Å². The highest BCUT2D eigenvalue weighted by molar-refractivity contribution is 6.07. The molecule has 28 heavy (non-hydrogen) atoms. The van der Waals surface area contributed by atoms with Crippen molar-refractivity contribution in [3.8, 4) is 0 Å². The minimum Gasteiger partial charge on any atom is -0.455 e. The van der Waals surface area contributed by atoms with Gasteiger partial charge < -0.3 is 4.74 Å². The topological polar surface area (TPSA) is 63.7 Å². The van der Waals surface area contributed by atoms with Crippen molar-refractivity contribution in [3.05, 3.63) is 85.0 Å². The van der Waals surface area contributed by atoms with Crippen molar-refractivity contribution in [2.45, 2.75) is 26.4 Å². The average Bonchev–Trinajstić information content (AvgIpc) is 2.72. The van der Waals surface area contributed by atoms with Gasteiger partial charge in [-0.3, -0.25) is 14.5 Å². The summed E-state index contributed by atoms with van der Waals surface area (Å²) in [5.41, 5.74) is 1.46. The quantitative estimate of drug-likeness (QED) is 0.506. The monoisotopic (exact) mass is 377 g/mol. The third kappa shape index (κ3) is 6.36. The highest BCUT2D eigenvalue weighted by Crippen LogP contribution is 2.25. The average molecular weight is 377 g/mol. The van der Waals surface area contributed by atoms with E-state index in [0.29, 0.717) is 6.42 Å². The molecule has 2 aromatic carbocycles. The molecule has 0 spiro atoms. The number of esters is 1. The highest BCUT2D eigenvalue weighted by atomic mass is 16.5. The van der Waals surface area contributed by atoms with Crippen LogP contribution in [-0.4, -0.2) is 23.8 Å². The molecule has 0 saturated carbocycles. The summed E-state index contributed by atoms with van der Waals surface area (Å²) in [5.74, 6) is -1.05. The van der Waals surface area contributed by atoms with Gasteiger partial charge in [-0.1, -0.05) is 43.3 Å². The zero-order valence-corrected chi connectivity index (χ0v) is 15.9. The van der Waals surface area contributed by atoms with Gasteiger partial charge in [0.05, 0.1) is 0 Å². The smallest absolute Gasteiger partial charge is 0.331 e. The first-order valence-corrected chi connectivity index (χ1v) is 9.05. The molecular formula is C23H23NO4. The summed E-state index contributed by atoms with van der Waals surface area (Å²) in [7, 11) is 0. The van der Waals surface area contributed by atoms with Gasteiger partial charge in [0.1, 0.15) is 6.10 Å². The van der Waals surface area contributed by atoms with Crippen LogP contribution in [0.2, 0.25) is 0 Å². The van der Waals surface area contributed by atoms with Crippen LogP contribution in [0.25, 0.3) is 0 Å². The van der Waals surface area contributed by atoms with Crippen LogP contribution in [0.5, 0.6) is 0 Å². The Morgan fingerprint density at radius 3 is 1.93 bits per heavy atom. The Labute approximate surface area is 164 Å². The number of hydrogen-bond acceptors (Lipinski definition) is 4. The Bertz CT molecular complexity index is 817. The van der Waals surface area contributed by atoms with E-state index in [0.717, 1.165) is 17.5 Å². The fourth-order valence-electron chi connectivity index (χ4n) is 2.39. The molecule has 2 rings (SSSR count). The molecule has 1 amide bonds. The standard InChI is InChI=1S/C23H23NO4/c1-3-21(25)15-17-23(27)28-18(2)14-16-22(26)24(19-10-6-4-7-11-19)20-12-8-5-9-13-20/h4-18H,3H2,1-2H3/t18-/m1/s1. The van der Waals surface area contributed by atoms with Gasteiger partial charge in [-0.2, -0.15) is 0 Å². The first-order valence-electron chi connectivity index (χ1n) is 9.05. The fraction of sp³-hybridized carbons (Fsp3) is 0.174. The summed E-state index contributed by atoms with van der Waals surface area (Å²) in [4.78, 5) is 37.3. The number of hydrogen-bond donors (Lipinski definition) is 0. The Kier molecular flexibility index (Phi) is 7.91. The van der Waals surface area contributed by atoms with Gasteiger partial charge in [-0.25, -0.2) is 4.79 Å². The molecule has 1 atom stereocenters. The van der Waals surface area contributed by atoms with E-state index in [-0.39, 0.29) is 11.7 Å². The molecule has 0 aliphatic heterocycles. The summed E-state index contributed by atoms with van der Waals surface area (Å²) >= 11 is 0. The number of nitrogens with zero attached hydrogens (tertiary/aromatic N) is 1. The molecule has 0 radical (unpaired) electrons. The maximum Gasteiger partial charge on any atom is 0.331 e. The molecule has 0 unspecified atom stereocenters. The number of carbonyl (C=O) groups excluding carboxylic acids is 3. The molecule has 5 heteroatoms. The van der Waals surface area contributed by atoms with Crippen molar-refractivity contribution in [1.29, 1.82) is 0 Å². The van der Waals surface area contributed by atoms with Crippen LogP contribution in [0.3, 0.4) is 0 Å². The number of para-hydroxylation sites is 2. The Morgan fingerprint density at radius 2 is 1.43 bits per heavy atom. The van der Waals surface area contributed by atoms with E-state index in [1.54, 1.807) is 18.7 Å². The van der Waals surface area contributed by atoms with Gasteiger partial charge in [0.15, 0.2) is 5.78 Å². The largest absolute Gasteiger partial charge is 0.455 e. The number of ketones is 1. The second-order valence-corrected chi connectivity index (χ2v) is 6.00. The Balaban J connectivity index is 2.10. The minimum absolute atomic E-state index is 0.156. The minimum atomic E-state index is -0.630. The predicted molar refractivity (Wildman–Crippen MR) is 109 cm³/mol. The fourth-order valence-corrected chi connectivity index (χ4v) is 2.39. The number of ether oxygens (including phenoxy) is 1. The maximum atomic E-state index is 12.8. The van der Waals surface area contributed by atoms with Crippen LogP contribution < -0.4 is 4.90 Å². The van der Waals surface area contributed by atoms with Crippen molar-refractivity contribution < 1.29 is 19.1 Å². The van der Waals surface area contributed by atoms with Crippen LogP contribution >= 0.6 is 0 Å². The lowest BCUT2D eigenvalue weighted by Gasteiger charge is -2.21. The first-order chi connectivity index (χ1) is 13.5. The van der Waals surface area contributed by atoms with E-state index in [4.69, 9.17) is 4.74 Å². The zero-order chi connectivity index (χ0) is 20.4. The molecular weight excluding hydrogens is 354 g/mol. The third-order valence-corrected chi connectivity index (χ3v) is 3.81. The van der Waals surface area contributed by atoms with Crippen molar-refractivity contribution in [3.63, 3.8) is 0 Å². The molecule has 0 bridgehead atoms. The Hall–Kier alpha value is -3.47. The first kappa shape index (κ1) is 20.8. The van der Waals surface area contributed by atoms with E-state index in [9.17, 15) is 14.4 Å². The zero-order valence-electron chi connectivity index (χ0n) is 15.9. The number of benzene rings is 2. The van der Waals surface area contributed by atoms with Crippen molar-refractivity contribution in [2.24, 2.45) is 0 Å². The lowest BCUT2D eigenvalue weighted by Crippen LogP contribution is -2.24. The summed E-state index contributed by atoms with van der Waals surface area (Å²) in [5, 5.41) is 0. The molecule has 0 heterocycles. The van der Waals surface area contributed by atoms with Gasteiger partial charge in [-0.15, -0.1) is 0 Å². The molecule has 0 aliphatic carbocycles. The molecule has 0 N–H and O–H groups in total. The lowest BCUT2D eigenvalue weighted by molar-refractivity contribution is -0.140. The van der Waals surface area contributed by atoms with E-state index in [1.807, 2.05) is 60.7 Å². The summed E-state index contributed by atoms with van der Waals surface area (Å²) in [6.45, 7) is 3.35. The number of allylic oxidation sites excluding steroid dienone is 1. The van der Waals surface area contributed by atoms with E-state index in [1.165, 1.54) is 18.2 Å². The van der Waals surface area contributed by atoms with Crippen molar-refractivity contribution >= 4 is 29.0 Å². The van der Waals surface area contributed by atoms with Crippen molar-refractivity contribution in [2.75, 3.05) is 4.90 Å². The molecule has 144 valence electrons. The Morgan fingerprint density at radius 1 is 0.893 bits per heavy atom. The summed E-state index contributed by atoms with van der Waals surface area (Å²) < 4.78 is 5.15. The summed E-state index contributed by atoms with van der Waals surface area (Å²) in [6.07, 6.45) is 4.87. The van der Waals surface area contributed by atoms with Gasteiger partial charge in [0.2, 0.25) is 0 Å². The molecule has 0 aliphatic rings. The van der Waals surface area contributed by atoms with E-state index < -0.39 is 12.1 Å². The van der Waals surface area contributed by atoms with Gasteiger partial charge in [0.25, 0.3) is 5.91 Å². The van der Waals surface area contributed by atoms with E-state index in [2.05, 4.69) is 0 Å². The molecule has 5 nitrogen and oxygen atoms in total. The number of anilines is 2. The van der Waals surface area contributed by atoms with Crippen LogP contribution in [0.4, 0.5) is 11.4 Å². The normalized spacial score (nSPS) is 12.1. The van der Waals surface area contributed by atoms with Gasteiger partial charge in [0, 0.05) is 29.9 Å². The summed E-state index contributed by atoms with van der Waals surface area (Å²) in [6, 6.07) is 18.6. The van der Waals surface area contributed by atoms with Crippen LogP contribution in [0, 0.1) is 0 Å². The second kappa shape index (κ2) is 10.6. The maximum absolute atomic E-state index is 12.8. The third-order valence-electron chi connectivity index (χ3n) is 3.81. The van der Waals surface area contributed by atoms with E-state index >= 15 is 0 Å².